The highest BCUT2D eigenvalue weighted by molar-refractivity contribution is 6.06. The van der Waals surface area contributed by atoms with Gasteiger partial charge in [-0.1, -0.05) is 32.1 Å². The molecule has 3 rings (SSSR count). The zero-order valence-electron chi connectivity index (χ0n) is 18.0. The standard InChI is InChI=1S/C25H28N2O3/c1-24(2)12-10-16(11-13-24)20-15-18(25(3,4)23(29)30)7-9-21(20)27-22(28)17-6-8-19(14-17)26-5/h7-10,14-15H,6,11-13H2,1-4H3,(H,27,28)(H,29,30). The van der Waals surface area contributed by atoms with E-state index in [-0.39, 0.29) is 11.3 Å². The first-order chi connectivity index (χ1) is 14.0. The normalized spacial score (nSPS) is 18.0. The van der Waals surface area contributed by atoms with Gasteiger partial charge >= 0.3 is 5.97 Å². The van der Waals surface area contributed by atoms with E-state index in [1.807, 2.05) is 6.07 Å². The number of anilines is 1. The third-order valence-corrected chi connectivity index (χ3v) is 6.12. The van der Waals surface area contributed by atoms with Gasteiger partial charge in [-0.2, -0.15) is 0 Å². The maximum absolute atomic E-state index is 12.8. The summed E-state index contributed by atoms with van der Waals surface area (Å²) in [5.41, 5.74) is 3.63. The van der Waals surface area contributed by atoms with Crippen molar-refractivity contribution in [2.75, 3.05) is 5.32 Å². The molecule has 0 heterocycles. The van der Waals surface area contributed by atoms with E-state index in [9.17, 15) is 14.7 Å². The number of hydrogen-bond donors (Lipinski definition) is 2. The average molecular weight is 405 g/mol. The van der Waals surface area contributed by atoms with Crippen molar-refractivity contribution in [1.29, 1.82) is 0 Å². The van der Waals surface area contributed by atoms with Crippen molar-refractivity contribution < 1.29 is 14.7 Å². The molecule has 1 amide bonds. The molecule has 0 aliphatic heterocycles. The first kappa shape index (κ1) is 21.6. The van der Waals surface area contributed by atoms with Gasteiger partial charge in [0.15, 0.2) is 5.70 Å². The van der Waals surface area contributed by atoms with E-state index in [0.717, 1.165) is 30.4 Å². The smallest absolute Gasteiger partial charge is 0.313 e. The van der Waals surface area contributed by atoms with Crippen LogP contribution in [-0.4, -0.2) is 17.0 Å². The third-order valence-electron chi connectivity index (χ3n) is 6.12. The van der Waals surface area contributed by atoms with Crippen molar-refractivity contribution >= 4 is 23.1 Å². The molecule has 0 saturated carbocycles. The predicted molar refractivity (Wildman–Crippen MR) is 119 cm³/mol. The second-order valence-corrected chi connectivity index (χ2v) is 9.36. The first-order valence-corrected chi connectivity index (χ1v) is 10.2. The number of carbonyl (C=O) groups excluding carboxylic acids is 1. The summed E-state index contributed by atoms with van der Waals surface area (Å²) in [4.78, 5) is 27.9. The molecule has 0 radical (unpaired) electrons. The van der Waals surface area contributed by atoms with Crippen molar-refractivity contribution in [3.63, 3.8) is 0 Å². The van der Waals surface area contributed by atoms with E-state index in [0.29, 0.717) is 28.9 Å². The summed E-state index contributed by atoms with van der Waals surface area (Å²) in [6, 6.07) is 5.47. The van der Waals surface area contributed by atoms with Crippen LogP contribution in [0.15, 0.2) is 47.7 Å². The van der Waals surface area contributed by atoms with Crippen molar-refractivity contribution in [3.05, 3.63) is 70.2 Å². The predicted octanol–water partition coefficient (Wildman–Crippen LogP) is 5.71. The van der Waals surface area contributed by atoms with Crippen molar-refractivity contribution in [2.24, 2.45) is 5.41 Å². The van der Waals surface area contributed by atoms with Crippen LogP contribution < -0.4 is 5.32 Å². The SMILES string of the molecule is [C-]#[N+]C1=CCC(C(=O)Nc2ccc(C(C)(C)C(=O)O)cc2C2=CCC(C)(C)CC2)=C1. The van der Waals surface area contributed by atoms with Gasteiger partial charge in [-0.3, -0.25) is 9.59 Å². The maximum atomic E-state index is 12.8. The minimum Gasteiger partial charge on any atom is -0.481 e. The second-order valence-electron chi connectivity index (χ2n) is 9.36. The van der Waals surface area contributed by atoms with Crippen LogP contribution >= 0.6 is 0 Å². The topological polar surface area (TPSA) is 70.8 Å². The highest BCUT2D eigenvalue weighted by atomic mass is 16.4. The molecule has 0 atom stereocenters. The molecular formula is C25H28N2O3. The molecule has 0 aromatic heterocycles. The quantitative estimate of drug-likeness (QED) is 0.617. The fourth-order valence-corrected chi connectivity index (χ4v) is 3.70. The Hall–Kier alpha value is -3.13. The van der Waals surface area contributed by atoms with Crippen molar-refractivity contribution in [3.8, 4) is 0 Å². The number of allylic oxidation sites excluding steroid dienone is 4. The van der Waals surface area contributed by atoms with E-state index < -0.39 is 11.4 Å². The van der Waals surface area contributed by atoms with Gasteiger partial charge in [0.1, 0.15) is 0 Å². The van der Waals surface area contributed by atoms with E-state index in [1.165, 1.54) is 0 Å². The lowest BCUT2D eigenvalue weighted by Crippen LogP contribution is -2.28. The molecule has 2 aliphatic carbocycles. The Morgan fingerprint density at radius 3 is 2.53 bits per heavy atom. The van der Waals surface area contributed by atoms with Crippen LogP contribution in [0, 0.1) is 12.0 Å². The fourth-order valence-electron chi connectivity index (χ4n) is 3.70. The molecule has 0 bridgehead atoms. The van der Waals surface area contributed by atoms with Crippen molar-refractivity contribution in [1.82, 2.24) is 0 Å². The van der Waals surface area contributed by atoms with E-state index in [4.69, 9.17) is 6.57 Å². The molecule has 156 valence electrons. The van der Waals surface area contributed by atoms with E-state index >= 15 is 0 Å². The molecule has 2 N–H and O–H groups in total. The molecule has 30 heavy (non-hydrogen) atoms. The Kier molecular flexibility index (Phi) is 5.72. The number of nitrogens with one attached hydrogen (secondary N) is 1. The first-order valence-electron chi connectivity index (χ1n) is 10.2. The second kappa shape index (κ2) is 7.95. The van der Waals surface area contributed by atoms with Gasteiger partial charge in [-0.15, -0.1) is 0 Å². The summed E-state index contributed by atoms with van der Waals surface area (Å²) >= 11 is 0. The minimum atomic E-state index is -1.03. The van der Waals surface area contributed by atoms with Gasteiger partial charge in [-0.25, -0.2) is 4.85 Å². The molecule has 0 unspecified atom stereocenters. The van der Waals surface area contributed by atoms with Crippen LogP contribution in [-0.2, 0) is 15.0 Å². The summed E-state index contributed by atoms with van der Waals surface area (Å²) < 4.78 is 0. The number of carbonyl (C=O) groups is 2. The number of hydrogen-bond acceptors (Lipinski definition) is 2. The molecule has 0 saturated heterocycles. The van der Waals surface area contributed by atoms with Crippen LogP contribution in [0.4, 0.5) is 5.69 Å². The largest absolute Gasteiger partial charge is 0.481 e. The summed E-state index contributed by atoms with van der Waals surface area (Å²) in [5, 5.41) is 12.6. The van der Waals surface area contributed by atoms with Crippen LogP contribution in [0.3, 0.4) is 0 Å². The van der Waals surface area contributed by atoms with Gasteiger partial charge in [0.25, 0.3) is 5.91 Å². The number of rotatable bonds is 5. The minimum absolute atomic E-state index is 0.229. The van der Waals surface area contributed by atoms with Gasteiger partial charge in [-0.05, 0) is 74.3 Å². The zero-order valence-corrected chi connectivity index (χ0v) is 18.0. The number of carboxylic acids is 1. The summed E-state index contributed by atoms with van der Waals surface area (Å²) in [6.45, 7) is 14.9. The van der Waals surface area contributed by atoms with Gasteiger partial charge in [0.2, 0.25) is 0 Å². The molecule has 5 heteroatoms. The van der Waals surface area contributed by atoms with Gasteiger partial charge in [0.05, 0.1) is 12.0 Å². The van der Waals surface area contributed by atoms with Crippen molar-refractivity contribution in [2.45, 2.75) is 58.8 Å². The molecule has 1 aromatic rings. The lowest BCUT2D eigenvalue weighted by molar-refractivity contribution is -0.142. The van der Waals surface area contributed by atoms with E-state index in [2.05, 4.69) is 30.1 Å². The monoisotopic (exact) mass is 404 g/mol. The van der Waals surface area contributed by atoms with Gasteiger partial charge in [0, 0.05) is 16.8 Å². The number of nitrogens with zero attached hydrogens (tertiary/aromatic N) is 1. The van der Waals surface area contributed by atoms with Gasteiger partial charge < -0.3 is 10.4 Å². The Bertz CT molecular complexity index is 1030. The lowest BCUT2D eigenvalue weighted by atomic mass is 9.76. The van der Waals surface area contributed by atoms with Crippen LogP contribution in [0.25, 0.3) is 10.4 Å². The number of carboxylic acid groups (broad SMARTS) is 1. The highest BCUT2D eigenvalue weighted by Gasteiger charge is 2.31. The Balaban J connectivity index is 1.98. The Morgan fingerprint density at radius 2 is 1.97 bits per heavy atom. The van der Waals surface area contributed by atoms with Crippen LogP contribution in [0.2, 0.25) is 0 Å². The zero-order chi connectivity index (χ0) is 22.1. The maximum Gasteiger partial charge on any atom is 0.313 e. The number of benzene rings is 1. The molecular weight excluding hydrogens is 376 g/mol. The highest BCUT2D eigenvalue weighted by Crippen LogP contribution is 2.41. The number of amides is 1. The Labute approximate surface area is 178 Å². The lowest BCUT2D eigenvalue weighted by Gasteiger charge is -2.30. The van der Waals surface area contributed by atoms with E-state index in [1.54, 1.807) is 38.1 Å². The molecule has 5 nitrogen and oxygen atoms in total. The third kappa shape index (κ3) is 4.38. The summed E-state index contributed by atoms with van der Waals surface area (Å²) in [5.74, 6) is -1.12. The molecule has 1 aromatic carbocycles. The molecule has 0 fully saturated rings. The average Bonchev–Trinajstić information content (AvgIpc) is 3.17. The molecule has 2 aliphatic rings. The molecule has 0 spiro atoms. The fraction of sp³-hybridized carbons (Fsp3) is 0.400. The van der Waals surface area contributed by atoms with Crippen LogP contribution in [0.1, 0.15) is 64.5 Å². The van der Waals surface area contributed by atoms with Crippen LogP contribution in [0.5, 0.6) is 0 Å². The summed E-state index contributed by atoms with van der Waals surface area (Å²) in [6.07, 6.45) is 8.85. The Morgan fingerprint density at radius 1 is 1.23 bits per heavy atom. The number of aliphatic carboxylic acids is 1. The summed E-state index contributed by atoms with van der Waals surface area (Å²) in [7, 11) is 0.